The van der Waals surface area contributed by atoms with E-state index in [0.29, 0.717) is 12.5 Å². The molecular weight excluding hydrogens is 162 g/mol. The van der Waals surface area contributed by atoms with E-state index >= 15 is 0 Å². The number of nitrogens with two attached hydrogens (primary N) is 1. The van der Waals surface area contributed by atoms with E-state index in [1.807, 2.05) is 0 Å². The van der Waals surface area contributed by atoms with Gasteiger partial charge in [-0.1, -0.05) is 12.8 Å². The van der Waals surface area contributed by atoms with Crippen molar-refractivity contribution in [3.8, 4) is 0 Å². The molecule has 1 aliphatic rings. The summed E-state index contributed by atoms with van der Waals surface area (Å²) in [6, 6.07) is 2.18. The van der Waals surface area contributed by atoms with Crippen molar-refractivity contribution in [3.63, 3.8) is 0 Å². The van der Waals surface area contributed by atoms with Gasteiger partial charge < -0.3 is 5.73 Å². The Balaban J connectivity index is 2.03. The Morgan fingerprint density at radius 3 is 2.92 bits per heavy atom. The summed E-state index contributed by atoms with van der Waals surface area (Å²) in [7, 11) is 0. The van der Waals surface area contributed by atoms with Crippen molar-refractivity contribution < 1.29 is 0 Å². The van der Waals surface area contributed by atoms with Crippen LogP contribution in [0.1, 0.15) is 43.0 Å². The predicted molar refractivity (Wildman–Crippen MR) is 52.6 cm³/mol. The van der Waals surface area contributed by atoms with Crippen molar-refractivity contribution in [1.82, 2.24) is 10.2 Å². The van der Waals surface area contributed by atoms with Crippen LogP contribution >= 0.6 is 0 Å². The van der Waals surface area contributed by atoms with E-state index in [1.165, 1.54) is 37.1 Å². The molecule has 3 N–H and O–H groups in total. The Labute approximate surface area is 78.7 Å². The molecule has 0 aromatic carbocycles. The van der Waals surface area contributed by atoms with Crippen molar-refractivity contribution in [1.29, 1.82) is 0 Å². The van der Waals surface area contributed by atoms with Gasteiger partial charge in [-0.2, -0.15) is 5.10 Å². The smallest absolute Gasteiger partial charge is 0.0655 e. The summed E-state index contributed by atoms with van der Waals surface area (Å²) in [5.41, 5.74) is 7.91. The van der Waals surface area contributed by atoms with E-state index < -0.39 is 0 Å². The van der Waals surface area contributed by atoms with E-state index in [-0.39, 0.29) is 0 Å². The van der Waals surface area contributed by atoms with Crippen LogP contribution in [0.2, 0.25) is 0 Å². The fourth-order valence-corrected chi connectivity index (χ4v) is 2.09. The van der Waals surface area contributed by atoms with Crippen LogP contribution in [0.15, 0.2) is 6.07 Å². The Morgan fingerprint density at radius 2 is 2.23 bits per heavy atom. The minimum atomic E-state index is 0.701. The lowest BCUT2D eigenvalue weighted by Gasteiger charge is -2.01. The topological polar surface area (TPSA) is 54.7 Å². The van der Waals surface area contributed by atoms with Gasteiger partial charge in [-0.25, -0.2) is 0 Å². The van der Waals surface area contributed by atoms with Crippen LogP contribution in [-0.2, 0) is 6.42 Å². The Morgan fingerprint density at radius 1 is 1.46 bits per heavy atom. The summed E-state index contributed by atoms with van der Waals surface area (Å²) < 4.78 is 0. The van der Waals surface area contributed by atoms with Crippen LogP contribution in [0.5, 0.6) is 0 Å². The minimum absolute atomic E-state index is 0.701. The van der Waals surface area contributed by atoms with Crippen LogP contribution in [0.4, 0.5) is 0 Å². The van der Waals surface area contributed by atoms with Crippen molar-refractivity contribution >= 4 is 0 Å². The van der Waals surface area contributed by atoms with E-state index in [2.05, 4.69) is 16.3 Å². The van der Waals surface area contributed by atoms with Gasteiger partial charge in [0.1, 0.15) is 0 Å². The first kappa shape index (κ1) is 8.75. The monoisotopic (exact) mass is 179 g/mol. The van der Waals surface area contributed by atoms with E-state index in [9.17, 15) is 0 Å². The molecule has 0 amide bonds. The number of nitrogens with one attached hydrogen (secondary N) is 1. The molecule has 0 unspecified atom stereocenters. The normalized spacial score (nSPS) is 18.2. The summed E-state index contributed by atoms with van der Waals surface area (Å²) in [5.74, 6) is 0.711. The zero-order chi connectivity index (χ0) is 9.10. The molecule has 0 spiro atoms. The number of aromatic amines is 1. The summed E-state index contributed by atoms with van der Waals surface area (Å²) in [6.45, 7) is 0.701. The number of H-pyrrole nitrogens is 1. The number of aromatic nitrogens is 2. The first-order chi connectivity index (χ1) is 6.40. The van der Waals surface area contributed by atoms with Gasteiger partial charge in [0.25, 0.3) is 0 Å². The van der Waals surface area contributed by atoms with Gasteiger partial charge in [-0.3, -0.25) is 5.10 Å². The van der Waals surface area contributed by atoms with Crippen molar-refractivity contribution in [3.05, 3.63) is 17.5 Å². The Hall–Kier alpha value is -0.830. The molecule has 1 aliphatic carbocycles. The molecule has 13 heavy (non-hydrogen) atoms. The molecule has 3 heteroatoms. The number of rotatable bonds is 3. The van der Waals surface area contributed by atoms with E-state index in [4.69, 9.17) is 5.73 Å². The number of hydrogen-bond acceptors (Lipinski definition) is 2. The largest absolute Gasteiger partial charge is 0.330 e. The molecule has 0 aliphatic heterocycles. The van der Waals surface area contributed by atoms with Gasteiger partial charge in [-0.15, -0.1) is 0 Å². The standard InChI is InChI=1S/C10H17N3/c11-6-5-9-7-10(13-12-9)8-3-1-2-4-8/h7-8H,1-6,11H2,(H,12,13). The third-order valence-electron chi connectivity index (χ3n) is 2.84. The van der Waals surface area contributed by atoms with Crippen LogP contribution < -0.4 is 5.73 Å². The first-order valence-corrected chi connectivity index (χ1v) is 5.14. The average molecular weight is 179 g/mol. The van der Waals surface area contributed by atoms with Gasteiger partial charge in [0, 0.05) is 18.0 Å². The highest BCUT2D eigenvalue weighted by Gasteiger charge is 2.19. The third kappa shape index (κ3) is 1.91. The Kier molecular flexibility index (Phi) is 2.64. The minimum Gasteiger partial charge on any atom is -0.330 e. The molecule has 0 saturated heterocycles. The van der Waals surface area contributed by atoms with Gasteiger partial charge in [0.15, 0.2) is 0 Å². The quantitative estimate of drug-likeness (QED) is 0.740. The Bertz CT molecular complexity index is 261. The van der Waals surface area contributed by atoms with Gasteiger partial charge in [0.2, 0.25) is 0 Å². The lowest BCUT2D eigenvalue weighted by atomic mass is 10.0. The van der Waals surface area contributed by atoms with Crippen molar-refractivity contribution in [2.24, 2.45) is 5.73 Å². The second-order valence-corrected chi connectivity index (χ2v) is 3.84. The molecule has 1 heterocycles. The molecule has 1 saturated carbocycles. The van der Waals surface area contributed by atoms with Crippen LogP contribution in [0, 0.1) is 0 Å². The molecule has 0 radical (unpaired) electrons. The molecule has 1 aromatic heterocycles. The molecule has 1 fully saturated rings. The zero-order valence-corrected chi connectivity index (χ0v) is 7.92. The fraction of sp³-hybridized carbons (Fsp3) is 0.700. The summed E-state index contributed by atoms with van der Waals surface area (Å²) >= 11 is 0. The van der Waals surface area contributed by atoms with Crippen molar-refractivity contribution in [2.75, 3.05) is 6.54 Å². The van der Waals surface area contributed by atoms with E-state index in [1.54, 1.807) is 0 Å². The maximum Gasteiger partial charge on any atom is 0.0655 e. The molecule has 2 rings (SSSR count). The SMILES string of the molecule is NCCc1cc(C2CCCC2)n[nH]1. The maximum atomic E-state index is 5.48. The van der Waals surface area contributed by atoms with Gasteiger partial charge >= 0.3 is 0 Å². The second-order valence-electron chi connectivity index (χ2n) is 3.84. The zero-order valence-electron chi connectivity index (χ0n) is 7.92. The summed E-state index contributed by atoms with van der Waals surface area (Å²) in [4.78, 5) is 0. The van der Waals surface area contributed by atoms with Crippen molar-refractivity contribution in [2.45, 2.75) is 38.0 Å². The lowest BCUT2D eigenvalue weighted by Crippen LogP contribution is -2.02. The molecule has 1 aromatic rings. The molecule has 3 nitrogen and oxygen atoms in total. The van der Waals surface area contributed by atoms with Gasteiger partial charge in [0.05, 0.1) is 5.69 Å². The second kappa shape index (κ2) is 3.92. The predicted octanol–water partition coefficient (Wildman–Crippen LogP) is 1.57. The lowest BCUT2D eigenvalue weighted by molar-refractivity contribution is 0.693. The maximum absolute atomic E-state index is 5.48. The molecule has 0 bridgehead atoms. The highest BCUT2D eigenvalue weighted by Crippen LogP contribution is 2.32. The molecule has 0 atom stereocenters. The fourth-order valence-electron chi connectivity index (χ4n) is 2.09. The van der Waals surface area contributed by atoms with Crippen LogP contribution in [-0.4, -0.2) is 16.7 Å². The first-order valence-electron chi connectivity index (χ1n) is 5.14. The average Bonchev–Trinajstić information content (AvgIpc) is 2.70. The summed E-state index contributed by atoms with van der Waals surface area (Å²) in [6.07, 6.45) is 6.27. The van der Waals surface area contributed by atoms with E-state index in [0.717, 1.165) is 6.42 Å². The highest BCUT2D eigenvalue weighted by atomic mass is 15.1. The molecule has 72 valence electrons. The summed E-state index contributed by atoms with van der Waals surface area (Å²) in [5, 5.41) is 7.39. The van der Waals surface area contributed by atoms with Crippen LogP contribution in [0.25, 0.3) is 0 Å². The highest BCUT2D eigenvalue weighted by molar-refractivity contribution is 5.14. The van der Waals surface area contributed by atoms with Gasteiger partial charge in [-0.05, 0) is 25.5 Å². The number of nitrogens with zero attached hydrogens (tertiary/aromatic N) is 1. The van der Waals surface area contributed by atoms with Crippen LogP contribution in [0.3, 0.4) is 0 Å². The molecular formula is C10H17N3. The third-order valence-corrected chi connectivity index (χ3v) is 2.84. The number of hydrogen-bond donors (Lipinski definition) is 2.